The van der Waals surface area contributed by atoms with Crippen molar-refractivity contribution >= 4 is 11.9 Å². The zero-order chi connectivity index (χ0) is 16.5. The first-order valence-electron chi connectivity index (χ1n) is 7.50. The molecule has 1 aromatic heterocycles. The van der Waals surface area contributed by atoms with Gasteiger partial charge in [0.1, 0.15) is 5.69 Å². The molecule has 0 aliphatic heterocycles. The number of hydrogen-bond donors (Lipinski definition) is 1. The second kappa shape index (κ2) is 8.58. The summed E-state index contributed by atoms with van der Waals surface area (Å²) in [4.78, 5) is 28.5. The number of hydrogen-bond acceptors (Lipinski definition) is 3. The molecule has 1 N–H and O–H groups in total. The van der Waals surface area contributed by atoms with Crippen LogP contribution in [0.3, 0.4) is 0 Å². The number of rotatable bonds is 7. The normalized spacial score (nSPS) is 10.7. The molecule has 120 valence electrons. The van der Waals surface area contributed by atoms with Gasteiger partial charge < -0.3 is 14.6 Å². The quantitative estimate of drug-likeness (QED) is 0.631. The molecule has 0 radical (unpaired) electrons. The SMILES string of the molecule is CCOC(=O)/C=C/CN(Cc1ccccc1)C(=O)c1ccc[nH]1. The molecule has 2 rings (SSSR count). The largest absolute Gasteiger partial charge is 0.463 e. The highest BCUT2D eigenvalue weighted by atomic mass is 16.5. The summed E-state index contributed by atoms with van der Waals surface area (Å²) in [7, 11) is 0. The lowest BCUT2D eigenvalue weighted by Crippen LogP contribution is -2.31. The minimum atomic E-state index is -0.403. The van der Waals surface area contributed by atoms with Crippen molar-refractivity contribution in [2.75, 3.05) is 13.2 Å². The van der Waals surface area contributed by atoms with E-state index in [-0.39, 0.29) is 5.91 Å². The van der Waals surface area contributed by atoms with Crippen molar-refractivity contribution in [2.45, 2.75) is 13.5 Å². The Labute approximate surface area is 135 Å². The lowest BCUT2D eigenvalue weighted by molar-refractivity contribution is -0.137. The predicted molar refractivity (Wildman–Crippen MR) is 87.7 cm³/mol. The van der Waals surface area contributed by atoms with Gasteiger partial charge in [-0.15, -0.1) is 0 Å². The van der Waals surface area contributed by atoms with E-state index in [9.17, 15) is 9.59 Å². The third-order valence-corrected chi connectivity index (χ3v) is 3.20. The maximum absolute atomic E-state index is 12.6. The maximum Gasteiger partial charge on any atom is 0.330 e. The molecule has 23 heavy (non-hydrogen) atoms. The fraction of sp³-hybridized carbons (Fsp3) is 0.222. The number of nitrogens with zero attached hydrogens (tertiary/aromatic N) is 1. The van der Waals surface area contributed by atoms with Gasteiger partial charge in [-0.3, -0.25) is 4.79 Å². The highest BCUT2D eigenvalue weighted by Crippen LogP contribution is 2.09. The van der Waals surface area contributed by atoms with Gasteiger partial charge in [-0.25, -0.2) is 4.79 Å². The molecule has 5 nitrogen and oxygen atoms in total. The van der Waals surface area contributed by atoms with Crippen molar-refractivity contribution in [1.29, 1.82) is 0 Å². The number of benzene rings is 1. The topological polar surface area (TPSA) is 62.4 Å². The number of H-pyrrole nitrogens is 1. The van der Waals surface area contributed by atoms with E-state index in [1.54, 1.807) is 36.2 Å². The van der Waals surface area contributed by atoms with E-state index >= 15 is 0 Å². The highest BCUT2D eigenvalue weighted by molar-refractivity contribution is 5.92. The number of aromatic nitrogens is 1. The number of carbonyl (C=O) groups is 2. The van der Waals surface area contributed by atoms with E-state index in [2.05, 4.69) is 4.98 Å². The Kier molecular flexibility index (Phi) is 6.17. The third-order valence-electron chi connectivity index (χ3n) is 3.20. The number of carbonyl (C=O) groups excluding carboxylic acids is 2. The summed E-state index contributed by atoms with van der Waals surface area (Å²) in [6.45, 7) is 2.87. The zero-order valence-corrected chi connectivity index (χ0v) is 13.1. The van der Waals surface area contributed by atoms with Gasteiger partial charge in [0, 0.05) is 25.4 Å². The summed E-state index contributed by atoms with van der Waals surface area (Å²) < 4.78 is 4.84. The fourth-order valence-electron chi connectivity index (χ4n) is 2.12. The molecule has 0 aliphatic rings. The van der Waals surface area contributed by atoms with Gasteiger partial charge in [0.05, 0.1) is 6.61 Å². The number of nitrogens with one attached hydrogen (secondary N) is 1. The van der Waals surface area contributed by atoms with Crippen LogP contribution in [-0.4, -0.2) is 34.9 Å². The smallest absolute Gasteiger partial charge is 0.330 e. The average Bonchev–Trinajstić information content (AvgIpc) is 3.09. The Bertz CT molecular complexity index is 648. The standard InChI is InChI=1S/C18H20N2O3/c1-2-23-17(21)11-7-13-20(14-15-8-4-3-5-9-15)18(22)16-10-6-12-19-16/h3-12,19H,2,13-14H2,1H3/b11-7+. The van der Waals surface area contributed by atoms with Crippen molar-refractivity contribution in [3.63, 3.8) is 0 Å². The zero-order valence-electron chi connectivity index (χ0n) is 13.1. The molecule has 0 spiro atoms. The molecule has 0 unspecified atom stereocenters. The van der Waals surface area contributed by atoms with Gasteiger partial charge in [-0.05, 0) is 24.6 Å². The second-order valence-electron chi connectivity index (χ2n) is 4.91. The Hall–Kier alpha value is -2.82. The first kappa shape index (κ1) is 16.5. The second-order valence-corrected chi connectivity index (χ2v) is 4.91. The minimum Gasteiger partial charge on any atom is -0.463 e. The molecule has 1 heterocycles. The molecule has 0 aliphatic carbocycles. The van der Waals surface area contributed by atoms with Crippen molar-refractivity contribution in [3.8, 4) is 0 Å². The van der Waals surface area contributed by atoms with Gasteiger partial charge in [-0.2, -0.15) is 0 Å². The van der Waals surface area contributed by atoms with Crippen molar-refractivity contribution in [1.82, 2.24) is 9.88 Å². The lowest BCUT2D eigenvalue weighted by Gasteiger charge is -2.20. The van der Waals surface area contributed by atoms with Crippen LogP contribution in [-0.2, 0) is 16.1 Å². The number of esters is 1. The molecule has 0 saturated heterocycles. The number of aromatic amines is 1. The highest BCUT2D eigenvalue weighted by Gasteiger charge is 2.15. The van der Waals surface area contributed by atoms with Crippen LogP contribution in [0.2, 0.25) is 0 Å². The van der Waals surface area contributed by atoms with Gasteiger partial charge in [0.2, 0.25) is 0 Å². The van der Waals surface area contributed by atoms with E-state index in [0.29, 0.717) is 25.4 Å². The van der Waals surface area contributed by atoms with Crippen molar-refractivity contribution in [3.05, 3.63) is 72.1 Å². The van der Waals surface area contributed by atoms with Gasteiger partial charge in [0.15, 0.2) is 0 Å². The molecule has 0 saturated carbocycles. The molecule has 1 amide bonds. The summed E-state index contributed by atoms with van der Waals surface area (Å²) in [6, 6.07) is 13.2. The Morgan fingerprint density at radius 3 is 2.61 bits per heavy atom. The van der Waals surface area contributed by atoms with Crippen molar-refractivity contribution < 1.29 is 14.3 Å². The number of amides is 1. The summed E-state index contributed by atoms with van der Waals surface area (Å²) in [5.41, 5.74) is 1.54. The molecule has 0 bridgehead atoms. The molecule has 2 aromatic rings. The third kappa shape index (κ3) is 5.14. The lowest BCUT2D eigenvalue weighted by atomic mass is 10.2. The van der Waals surface area contributed by atoms with Crippen LogP contribution < -0.4 is 0 Å². The summed E-state index contributed by atoms with van der Waals surface area (Å²) in [5, 5.41) is 0. The maximum atomic E-state index is 12.6. The van der Waals surface area contributed by atoms with Gasteiger partial charge in [-0.1, -0.05) is 36.4 Å². The van der Waals surface area contributed by atoms with Crippen LogP contribution >= 0.6 is 0 Å². The molecule has 5 heteroatoms. The monoisotopic (exact) mass is 312 g/mol. The van der Waals surface area contributed by atoms with Gasteiger partial charge >= 0.3 is 5.97 Å². The van der Waals surface area contributed by atoms with E-state index in [4.69, 9.17) is 4.74 Å². The number of ether oxygens (including phenoxy) is 1. The first-order chi connectivity index (χ1) is 11.2. The van der Waals surface area contributed by atoms with Crippen LogP contribution in [0, 0.1) is 0 Å². The van der Waals surface area contributed by atoms with Crippen LogP contribution in [0.15, 0.2) is 60.8 Å². The average molecular weight is 312 g/mol. The molecular formula is C18H20N2O3. The Morgan fingerprint density at radius 1 is 1.17 bits per heavy atom. The Morgan fingerprint density at radius 2 is 1.96 bits per heavy atom. The molecule has 0 atom stereocenters. The molecular weight excluding hydrogens is 292 g/mol. The molecule has 0 fully saturated rings. The Balaban J connectivity index is 2.08. The van der Waals surface area contributed by atoms with Crippen LogP contribution in [0.25, 0.3) is 0 Å². The summed E-state index contributed by atoms with van der Waals surface area (Å²) >= 11 is 0. The van der Waals surface area contributed by atoms with Crippen LogP contribution in [0.1, 0.15) is 23.0 Å². The molecule has 1 aromatic carbocycles. The van der Waals surface area contributed by atoms with E-state index < -0.39 is 5.97 Å². The first-order valence-corrected chi connectivity index (χ1v) is 7.50. The summed E-state index contributed by atoms with van der Waals surface area (Å²) in [6.07, 6.45) is 4.70. The predicted octanol–water partition coefficient (Wildman–Crippen LogP) is 2.78. The van der Waals surface area contributed by atoms with Crippen molar-refractivity contribution in [2.24, 2.45) is 0 Å². The fourth-order valence-corrected chi connectivity index (χ4v) is 2.12. The van der Waals surface area contributed by atoms with E-state index in [1.807, 2.05) is 30.3 Å². The van der Waals surface area contributed by atoms with E-state index in [1.165, 1.54) is 6.08 Å². The summed E-state index contributed by atoms with van der Waals surface area (Å²) in [5.74, 6) is -0.521. The van der Waals surface area contributed by atoms with Gasteiger partial charge in [0.25, 0.3) is 5.91 Å². The van der Waals surface area contributed by atoms with E-state index in [0.717, 1.165) is 5.56 Å². The van der Waals surface area contributed by atoms with Crippen LogP contribution in [0.4, 0.5) is 0 Å². The minimum absolute atomic E-state index is 0.118. The van der Waals surface area contributed by atoms with Crippen LogP contribution in [0.5, 0.6) is 0 Å².